The summed E-state index contributed by atoms with van der Waals surface area (Å²) < 4.78 is 5.51. The van der Waals surface area contributed by atoms with E-state index in [1.54, 1.807) is 6.21 Å². The molecule has 23 heavy (non-hydrogen) atoms. The fourth-order valence-corrected chi connectivity index (χ4v) is 2.86. The van der Waals surface area contributed by atoms with Crippen molar-refractivity contribution in [3.05, 3.63) is 29.3 Å². The van der Waals surface area contributed by atoms with Gasteiger partial charge in [0, 0.05) is 5.56 Å². The summed E-state index contributed by atoms with van der Waals surface area (Å²) in [4.78, 5) is 22.3. The number of carbonyl (C=O) groups is 2. The first kappa shape index (κ1) is 17.0. The lowest BCUT2D eigenvalue weighted by molar-refractivity contribution is -0.138. The number of rotatable bonds is 6. The van der Waals surface area contributed by atoms with Crippen molar-refractivity contribution in [1.82, 2.24) is 5.32 Å². The molecule has 1 aliphatic rings. The SMILES string of the molecule is CCOc1ccc(C)cc1C=NN=C1NC(=O)C(CC(=O)O)S1. The fraction of sp³-hybridized carbons (Fsp3) is 0.333. The summed E-state index contributed by atoms with van der Waals surface area (Å²) in [5.74, 6) is -0.686. The molecular weight excluding hydrogens is 318 g/mol. The van der Waals surface area contributed by atoms with Crippen LogP contribution in [0.25, 0.3) is 0 Å². The number of thioether (sulfide) groups is 1. The molecule has 0 bridgehead atoms. The molecule has 1 atom stereocenters. The van der Waals surface area contributed by atoms with Crippen LogP contribution in [0.5, 0.6) is 5.75 Å². The normalized spacial score (nSPS) is 19.3. The van der Waals surface area contributed by atoms with Crippen molar-refractivity contribution in [2.45, 2.75) is 25.5 Å². The van der Waals surface area contributed by atoms with Crippen LogP contribution in [0.3, 0.4) is 0 Å². The van der Waals surface area contributed by atoms with Crippen molar-refractivity contribution >= 4 is 35.0 Å². The number of hydrogen-bond acceptors (Lipinski definition) is 6. The van der Waals surface area contributed by atoms with Crippen LogP contribution >= 0.6 is 11.8 Å². The van der Waals surface area contributed by atoms with Gasteiger partial charge in [-0.2, -0.15) is 5.10 Å². The first-order valence-electron chi connectivity index (χ1n) is 7.03. The van der Waals surface area contributed by atoms with E-state index in [-0.39, 0.29) is 12.3 Å². The Morgan fingerprint density at radius 3 is 3.00 bits per heavy atom. The largest absolute Gasteiger partial charge is 0.493 e. The molecule has 0 saturated carbocycles. The molecule has 8 heteroatoms. The van der Waals surface area contributed by atoms with Crippen molar-refractivity contribution in [2.75, 3.05) is 6.61 Å². The molecule has 2 N–H and O–H groups in total. The van der Waals surface area contributed by atoms with Gasteiger partial charge in [0.15, 0.2) is 5.17 Å². The average Bonchev–Trinajstić information content (AvgIpc) is 2.81. The maximum atomic E-state index is 11.6. The summed E-state index contributed by atoms with van der Waals surface area (Å²) in [5.41, 5.74) is 1.85. The molecule has 7 nitrogen and oxygen atoms in total. The average molecular weight is 335 g/mol. The van der Waals surface area contributed by atoms with Crippen LogP contribution in [0.15, 0.2) is 28.4 Å². The Morgan fingerprint density at radius 2 is 2.30 bits per heavy atom. The number of aryl methyl sites for hydroxylation is 1. The third-order valence-electron chi connectivity index (χ3n) is 2.95. The van der Waals surface area contributed by atoms with E-state index in [1.165, 1.54) is 0 Å². The number of carboxylic acid groups (broad SMARTS) is 1. The quantitative estimate of drug-likeness (QED) is 0.610. The standard InChI is InChI=1S/C15H17N3O4S/c1-3-22-11-5-4-9(2)6-10(11)8-16-18-15-17-14(21)12(23-15)7-13(19)20/h4-6,8,12H,3,7H2,1-2H3,(H,19,20)(H,17,18,21). The maximum absolute atomic E-state index is 11.6. The number of aliphatic carboxylic acids is 1. The lowest BCUT2D eigenvalue weighted by atomic mass is 10.1. The summed E-state index contributed by atoms with van der Waals surface area (Å²) >= 11 is 1.06. The van der Waals surface area contributed by atoms with E-state index in [2.05, 4.69) is 15.5 Å². The maximum Gasteiger partial charge on any atom is 0.305 e. The van der Waals surface area contributed by atoms with E-state index >= 15 is 0 Å². The zero-order valence-corrected chi connectivity index (χ0v) is 13.6. The highest BCUT2D eigenvalue weighted by atomic mass is 32.2. The van der Waals surface area contributed by atoms with Gasteiger partial charge in [0.25, 0.3) is 0 Å². The van der Waals surface area contributed by atoms with Crippen LogP contribution in [0.2, 0.25) is 0 Å². The molecule has 1 aromatic rings. The number of benzene rings is 1. The molecule has 2 rings (SSSR count). The van der Waals surface area contributed by atoms with Gasteiger partial charge in [0.1, 0.15) is 11.0 Å². The van der Waals surface area contributed by atoms with Gasteiger partial charge in [-0.15, -0.1) is 5.10 Å². The van der Waals surface area contributed by atoms with Crippen molar-refractivity contribution in [2.24, 2.45) is 10.2 Å². The van der Waals surface area contributed by atoms with Crippen LogP contribution in [0.4, 0.5) is 0 Å². The number of hydrogen-bond donors (Lipinski definition) is 2. The van der Waals surface area contributed by atoms with Crippen molar-refractivity contribution in [3.63, 3.8) is 0 Å². The van der Waals surface area contributed by atoms with Gasteiger partial charge >= 0.3 is 5.97 Å². The fourth-order valence-electron chi connectivity index (χ4n) is 1.94. The predicted octanol–water partition coefficient (Wildman–Crippen LogP) is 1.79. The van der Waals surface area contributed by atoms with Gasteiger partial charge in [0.05, 0.1) is 19.2 Å². The Bertz CT molecular complexity index is 673. The molecule has 1 unspecified atom stereocenters. The lowest BCUT2D eigenvalue weighted by Gasteiger charge is -2.06. The Labute approximate surface area is 137 Å². The van der Waals surface area contributed by atoms with Crippen molar-refractivity contribution in [1.29, 1.82) is 0 Å². The second-order valence-electron chi connectivity index (χ2n) is 4.82. The monoisotopic (exact) mass is 335 g/mol. The van der Waals surface area contributed by atoms with Gasteiger partial charge in [-0.05, 0) is 26.0 Å². The van der Waals surface area contributed by atoms with Gasteiger partial charge in [0.2, 0.25) is 5.91 Å². The summed E-state index contributed by atoms with van der Waals surface area (Å²) in [6, 6.07) is 5.72. The number of ether oxygens (including phenoxy) is 1. The van der Waals surface area contributed by atoms with Crippen LogP contribution in [-0.2, 0) is 9.59 Å². The zero-order chi connectivity index (χ0) is 16.8. The summed E-state index contributed by atoms with van der Waals surface area (Å²) in [7, 11) is 0. The first-order valence-corrected chi connectivity index (χ1v) is 7.91. The smallest absolute Gasteiger partial charge is 0.305 e. The number of nitrogens with zero attached hydrogens (tertiary/aromatic N) is 2. The van der Waals surface area contributed by atoms with Crippen molar-refractivity contribution < 1.29 is 19.4 Å². The zero-order valence-electron chi connectivity index (χ0n) is 12.8. The molecule has 0 aliphatic carbocycles. The molecule has 1 heterocycles. The van der Waals surface area contributed by atoms with E-state index < -0.39 is 11.2 Å². The minimum atomic E-state index is -1.02. The summed E-state index contributed by atoms with van der Waals surface area (Å²) in [6.45, 7) is 4.40. The van der Waals surface area contributed by atoms with Gasteiger partial charge in [-0.25, -0.2) is 0 Å². The third-order valence-corrected chi connectivity index (χ3v) is 4.02. The van der Waals surface area contributed by atoms with Crippen molar-refractivity contribution in [3.8, 4) is 5.75 Å². The Hall–Kier alpha value is -2.35. The minimum absolute atomic E-state index is 0.244. The third kappa shape index (κ3) is 4.82. The molecule has 1 fully saturated rings. The molecule has 0 radical (unpaired) electrons. The van der Waals surface area contributed by atoms with Crippen LogP contribution in [-0.4, -0.2) is 40.2 Å². The van der Waals surface area contributed by atoms with E-state index in [4.69, 9.17) is 9.84 Å². The number of amidine groups is 1. The molecule has 1 aromatic carbocycles. The van der Waals surface area contributed by atoms with E-state index in [0.717, 1.165) is 22.9 Å². The number of nitrogens with one attached hydrogen (secondary N) is 1. The highest BCUT2D eigenvalue weighted by Crippen LogP contribution is 2.22. The Kier molecular flexibility index (Phi) is 5.75. The molecule has 1 aliphatic heterocycles. The molecule has 122 valence electrons. The molecule has 1 amide bonds. The van der Waals surface area contributed by atoms with Crippen LogP contribution < -0.4 is 10.1 Å². The lowest BCUT2D eigenvalue weighted by Crippen LogP contribution is -2.26. The predicted molar refractivity (Wildman–Crippen MR) is 89.2 cm³/mol. The van der Waals surface area contributed by atoms with Gasteiger partial charge in [-0.1, -0.05) is 23.4 Å². The molecule has 0 spiro atoms. The van der Waals surface area contributed by atoms with E-state index in [9.17, 15) is 9.59 Å². The summed E-state index contributed by atoms with van der Waals surface area (Å²) in [5, 5.41) is 18.8. The van der Waals surface area contributed by atoms with E-state index in [0.29, 0.717) is 17.5 Å². The molecule has 0 aromatic heterocycles. The van der Waals surface area contributed by atoms with Gasteiger partial charge < -0.3 is 15.2 Å². The summed E-state index contributed by atoms with van der Waals surface area (Å²) in [6.07, 6.45) is 1.30. The molecule has 1 saturated heterocycles. The topological polar surface area (TPSA) is 100 Å². The molecular formula is C15H17N3O4S. The van der Waals surface area contributed by atoms with Gasteiger partial charge in [-0.3, -0.25) is 9.59 Å². The Morgan fingerprint density at radius 1 is 1.52 bits per heavy atom. The number of carbonyl (C=O) groups excluding carboxylic acids is 1. The first-order chi connectivity index (χ1) is 11.0. The van der Waals surface area contributed by atoms with E-state index in [1.807, 2.05) is 32.0 Å². The number of carboxylic acids is 1. The highest BCUT2D eigenvalue weighted by molar-refractivity contribution is 8.15. The number of amides is 1. The van der Waals surface area contributed by atoms with Crippen LogP contribution in [0.1, 0.15) is 24.5 Å². The highest BCUT2D eigenvalue weighted by Gasteiger charge is 2.32. The Balaban J connectivity index is 2.08. The van der Waals surface area contributed by atoms with Crippen LogP contribution in [0, 0.1) is 6.92 Å². The minimum Gasteiger partial charge on any atom is -0.493 e. The second kappa shape index (κ2) is 7.77. The second-order valence-corrected chi connectivity index (χ2v) is 6.01.